The van der Waals surface area contributed by atoms with Crippen LogP contribution in [0.2, 0.25) is 0 Å². The highest BCUT2D eigenvalue weighted by Gasteiger charge is 2.25. The Morgan fingerprint density at radius 2 is 1.61 bits per heavy atom. The number of rotatable bonds is 2. The Morgan fingerprint density at radius 1 is 0.889 bits per heavy atom. The van der Waals surface area contributed by atoms with Crippen LogP contribution in [0.1, 0.15) is 24.3 Å². The van der Waals surface area contributed by atoms with Crippen LogP contribution in [0.3, 0.4) is 0 Å². The second kappa shape index (κ2) is 3.67. The van der Waals surface area contributed by atoms with Crippen LogP contribution in [-0.4, -0.2) is 14.8 Å². The molecule has 18 heavy (non-hydrogen) atoms. The van der Waals surface area contributed by atoms with Crippen molar-refractivity contribution in [2.24, 2.45) is 0 Å². The van der Waals surface area contributed by atoms with Gasteiger partial charge in [0.15, 0.2) is 0 Å². The summed E-state index contributed by atoms with van der Waals surface area (Å²) < 4.78 is 1.97. The van der Waals surface area contributed by atoms with Gasteiger partial charge in [-0.25, -0.2) is 0 Å². The third-order valence-electron chi connectivity index (χ3n) is 3.65. The molecule has 0 bridgehead atoms. The average Bonchev–Trinajstić information content (AvgIpc) is 3.12. The Balaban J connectivity index is 2.03. The van der Waals surface area contributed by atoms with Gasteiger partial charge in [-0.15, -0.1) is 10.2 Å². The molecule has 0 amide bonds. The second-order valence-corrected chi connectivity index (χ2v) is 4.86. The zero-order valence-electron chi connectivity index (χ0n) is 9.95. The predicted octanol–water partition coefficient (Wildman–Crippen LogP) is 3.30. The van der Waals surface area contributed by atoms with Crippen molar-refractivity contribution in [1.82, 2.24) is 14.8 Å². The first kappa shape index (κ1) is 9.83. The smallest absolute Gasteiger partial charge is 0.123 e. The van der Waals surface area contributed by atoms with Crippen LogP contribution in [0.15, 0.2) is 49.1 Å². The average molecular weight is 235 g/mol. The normalized spacial score (nSPS) is 15.1. The third-order valence-corrected chi connectivity index (χ3v) is 3.65. The van der Waals surface area contributed by atoms with E-state index in [1.165, 1.54) is 29.2 Å². The minimum absolute atomic E-state index is 0.768. The van der Waals surface area contributed by atoms with Crippen molar-refractivity contribution < 1.29 is 0 Å². The lowest BCUT2D eigenvalue weighted by atomic mass is 9.99. The first-order chi connectivity index (χ1) is 8.93. The van der Waals surface area contributed by atoms with Gasteiger partial charge in [0.25, 0.3) is 0 Å². The highest BCUT2D eigenvalue weighted by atomic mass is 15.2. The van der Waals surface area contributed by atoms with Gasteiger partial charge in [0.1, 0.15) is 12.7 Å². The standard InChI is InChI=1S/C15H13N3/c1-2-4-14-13(3-1)12(11-5-6-11)7-8-15(14)18-9-16-17-10-18/h1-4,7-11H,5-6H2. The highest BCUT2D eigenvalue weighted by Crippen LogP contribution is 2.43. The van der Waals surface area contributed by atoms with Gasteiger partial charge in [0.2, 0.25) is 0 Å². The van der Waals surface area contributed by atoms with Gasteiger partial charge >= 0.3 is 0 Å². The first-order valence-electron chi connectivity index (χ1n) is 6.30. The molecule has 0 N–H and O–H groups in total. The summed E-state index contributed by atoms with van der Waals surface area (Å²) in [6.45, 7) is 0. The van der Waals surface area contributed by atoms with E-state index in [1.807, 2.05) is 4.57 Å². The molecular formula is C15H13N3. The van der Waals surface area contributed by atoms with Crippen LogP contribution < -0.4 is 0 Å². The van der Waals surface area contributed by atoms with Gasteiger partial charge in [-0.1, -0.05) is 30.3 Å². The summed E-state index contributed by atoms with van der Waals surface area (Å²) in [5.74, 6) is 0.768. The molecule has 0 unspecified atom stereocenters. The molecule has 2 aromatic carbocycles. The van der Waals surface area contributed by atoms with Crippen molar-refractivity contribution in [1.29, 1.82) is 0 Å². The summed E-state index contributed by atoms with van der Waals surface area (Å²) in [6, 6.07) is 13.0. The second-order valence-electron chi connectivity index (χ2n) is 4.86. The molecule has 0 radical (unpaired) electrons. The van der Waals surface area contributed by atoms with Crippen LogP contribution in [-0.2, 0) is 0 Å². The van der Waals surface area contributed by atoms with E-state index in [0.29, 0.717) is 0 Å². The zero-order valence-corrected chi connectivity index (χ0v) is 9.95. The molecule has 1 aromatic heterocycles. The number of nitrogens with zero attached hydrogens (tertiary/aromatic N) is 3. The molecule has 4 rings (SSSR count). The van der Waals surface area contributed by atoms with Crippen molar-refractivity contribution >= 4 is 10.8 Å². The Bertz CT molecular complexity index is 697. The van der Waals surface area contributed by atoms with E-state index in [9.17, 15) is 0 Å². The summed E-state index contributed by atoms with van der Waals surface area (Å²) in [5.41, 5.74) is 2.64. The fourth-order valence-electron chi connectivity index (χ4n) is 2.61. The minimum Gasteiger partial charge on any atom is -0.288 e. The molecule has 1 heterocycles. The number of aromatic nitrogens is 3. The van der Waals surface area contributed by atoms with E-state index < -0.39 is 0 Å². The van der Waals surface area contributed by atoms with E-state index >= 15 is 0 Å². The van der Waals surface area contributed by atoms with Crippen LogP contribution in [0, 0.1) is 0 Å². The van der Waals surface area contributed by atoms with Crippen LogP contribution in [0.25, 0.3) is 16.5 Å². The van der Waals surface area contributed by atoms with Crippen molar-refractivity contribution in [3.8, 4) is 5.69 Å². The maximum Gasteiger partial charge on any atom is 0.123 e. The summed E-state index contributed by atoms with van der Waals surface area (Å²) in [7, 11) is 0. The summed E-state index contributed by atoms with van der Waals surface area (Å²) in [5, 5.41) is 10.4. The lowest BCUT2D eigenvalue weighted by Gasteiger charge is -2.10. The van der Waals surface area contributed by atoms with E-state index in [4.69, 9.17) is 0 Å². The predicted molar refractivity (Wildman–Crippen MR) is 70.8 cm³/mol. The molecule has 3 nitrogen and oxygen atoms in total. The largest absolute Gasteiger partial charge is 0.288 e. The monoisotopic (exact) mass is 235 g/mol. The van der Waals surface area contributed by atoms with Gasteiger partial charge < -0.3 is 0 Å². The van der Waals surface area contributed by atoms with Crippen LogP contribution in [0.5, 0.6) is 0 Å². The maximum atomic E-state index is 3.89. The molecule has 1 saturated carbocycles. The Kier molecular flexibility index (Phi) is 2.00. The number of fused-ring (bicyclic) bond motifs is 1. The summed E-state index contributed by atoms with van der Waals surface area (Å²) >= 11 is 0. The Hall–Kier alpha value is -2.16. The fraction of sp³-hybridized carbons (Fsp3) is 0.200. The van der Waals surface area contributed by atoms with Gasteiger partial charge in [-0.3, -0.25) is 4.57 Å². The molecule has 0 spiro atoms. The Labute approximate surface area is 105 Å². The quantitative estimate of drug-likeness (QED) is 0.682. The van der Waals surface area contributed by atoms with E-state index in [1.54, 1.807) is 12.7 Å². The zero-order chi connectivity index (χ0) is 11.9. The van der Waals surface area contributed by atoms with Gasteiger partial charge in [0.05, 0.1) is 5.69 Å². The molecule has 0 saturated heterocycles. The molecular weight excluding hydrogens is 222 g/mol. The molecule has 1 fully saturated rings. The third kappa shape index (κ3) is 1.44. The molecule has 0 atom stereocenters. The van der Waals surface area contributed by atoms with Crippen LogP contribution >= 0.6 is 0 Å². The summed E-state index contributed by atoms with van der Waals surface area (Å²) in [6.07, 6.45) is 6.16. The molecule has 1 aliphatic rings. The molecule has 3 aromatic rings. The lowest BCUT2D eigenvalue weighted by Crippen LogP contribution is -1.94. The lowest BCUT2D eigenvalue weighted by molar-refractivity contribution is 1.06. The SMILES string of the molecule is c1ccc2c(-n3cnnc3)ccc(C3CC3)c2c1. The van der Waals surface area contributed by atoms with Crippen molar-refractivity contribution in [3.05, 3.63) is 54.6 Å². The summed E-state index contributed by atoms with van der Waals surface area (Å²) in [4.78, 5) is 0. The molecule has 3 heteroatoms. The van der Waals surface area contributed by atoms with Crippen LogP contribution in [0.4, 0.5) is 0 Å². The minimum atomic E-state index is 0.768. The maximum absolute atomic E-state index is 3.89. The first-order valence-corrected chi connectivity index (χ1v) is 6.30. The number of benzene rings is 2. The topological polar surface area (TPSA) is 30.7 Å². The van der Waals surface area contributed by atoms with Gasteiger partial charge in [-0.2, -0.15) is 0 Å². The number of hydrogen-bond acceptors (Lipinski definition) is 2. The van der Waals surface area contributed by atoms with E-state index in [0.717, 1.165) is 11.6 Å². The van der Waals surface area contributed by atoms with Gasteiger partial charge in [-0.05, 0) is 35.8 Å². The van der Waals surface area contributed by atoms with Crippen molar-refractivity contribution in [2.45, 2.75) is 18.8 Å². The van der Waals surface area contributed by atoms with E-state index in [2.05, 4.69) is 46.6 Å². The van der Waals surface area contributed by atoms with E-state index in [-0.39, 0.29) is 0 Å². The van der Waals surface area contributed by atoms with Gasteiger partial charge in [0, 0.05) is 5.39 Å². The highest BCUT2D eigenvalue weighted by molar-refractivity contribution is 5.93. The Morgan fingerprint density at radius 3 is 2.33 bits per heavy atom. The molecule has 1 aliphatic carbocycles. The molecule has 0 aliphatic heterocycles. The van der Waals surface area contributed by atoms with Crippen molar-refractivity contribution in [2.75, 3.05) is 0 Å². The molecule has 88 valence electrons. The van der Waals surface area contributed by atoms with Crippen molar-refractivity contribution in [3.63, 3.8) is 0 Å². The number of hydrogen-bond donors (Lipinski definition) is 0. The fourth-order valence-corrected chi connectivity index (χ4v) is 2.61.